The molecule has 0 spiro atoms. The molecule has 1 unspecified atom stereocenters. The third kappa shape index (κ3) is 7.65. The van der Waals surface area contributed by atoms with Crippen molar-refractivity contribution in [1.29, 1.82) is 0 Å². The molecule has 0 heterocycles. The molecule has 0 amide bonds. The Morgan fingerprint density at radius 3 is 2.20 bits per heavy atom. The van der Waals surface area contributed by atoms with Gasteiger partial charge in [-0.05, 0) is 19.4 Å². The standard InChI is InChI=1S/C11H22F3N/c1-4-5-6-7-10(2)8-9-15(3)11(12,13)14/h10H,4-9H2,1-3H3. The molecule has 0 radical (unpaired) electrons. The Hall–Kier alpha value is -0.250. The van der Waals surface area contributed by atoms with Crippen LogP contribution in [-0.4, -0.2) is 24.8 Å². The normalized spacial score (nSPS) is 14.6. The lowest BCUT2D eigenvalue weighted by Crippen LogP contribution is -2.35. The molecule has 0 aliphatic rings. The fourth-order valence-corrected chi connectivity index (χ4v) is 1.43. The first-order valence-corrected chi connectivity index (χ1v) is 5.65. The van der Waals surface area contributed by atoms with Gasteiger partial charge in [0.15, 0.2) is 0 Å². The minimum Gasteiger partial charge on any atom is -0.217 e. The van der Waals surface area contributed by atoms with E-state index in [1.54, 1.807) is 0 Å². The van der Waals surface area contributed by atoms with E-state index < -0.39 is 6.30 Å². The van der Waals surface area contributed by atoms with Gasteiger partial charge in [0.25, 0.3) is 0 Å². The van der Waals surface area contributed by atoms with Crippen molar-refractivity contribution in [2.75, 3.05) is 13.6 Å². The van der Waals surface area contributed by atoms with Crippen LogP contribution in [0.15, 0.2) is 0 Å². The second-order valence-corrected chi connectivity index (χ2v) is 4.28. The van der Waals surface area contributed by atoms with Gasteiger partial charge in [-0.2, -0.15) is 13.2 Å². The maximum absolute atomic E-state index is 12.1. The predicted octanol–water partition coefficient (Wildman–Crippen LogP) is 4.04. The van der Waals surface area contributed by atoms with E-state index >= 15 is 0 Å². The van der Waals surface area contributed by atoms with Crippen LogP contribution in [0.2, 0.25) is 0 Å². The lowest BCUT2D eigenvalue weighted by atomic mass is 10.00. The summed E-state index contributed by atoms with van der Waals surface area (Å²) in [6.45, 7) is 4.26. The highest BCUT2D eigenvalue weighted by Crippen LogP contribution is 2.21. The first-order chi connectivity index (χ1) is 6.88. The molecular formula is C11H22F3N. The van der Waals surface area contributed by atoms with E-state index in [0.29, 0.717) is 17.2 Å². The summed E-state index contributed by atoms with van der Waals surface area (Å²) in [5.41, 5.74) is 0. The first kappa shape index (κ1) is 14.8. The Labute approximate surface area is 90.6 Å². The zero-order chi connectivity index (χ0) is 11.9. The molecule has 0 fully saturated rings. The molecule has 0 rings (SSSR count). The van der Waals surface area contributed by atoms with E-state index in [0.717, 1.165) is 26.3 Å². The van der Waals surface area contributed by atoms with Gasteiger partial charge in [0, 0.05) is 6.54 Å². The van der Waals surface area contributed by atoms with Crippen LogP contribution in [0.3, 0.4) is 0 Å². The lowest BCUT2D eigenvalue weighted by Gasteiger charge is -2.21. The van der Waals surface area contributed by atoms with Gasteiger partial charge in [0.05, 0.1) is 0 Å². The molecule has 92 valence electrons. The van der Waals surface area contributed by atoms with E-state index in [-0.39, 0.29) is 6.54 Å². The Kier molecular flexibility index (Phi) is 6.98. The van der Waals surface area contributed by atoms with Crippen LogP contribution in [0.4, 0.5) is 13.2 Å². The molecule has 0 N–H and O–H groups in total. The van der Waals surface area contributed by atoms with Crippen LogP contribution in [0.1, 0.15) is 46.0 Å². The number of hydrogen-bond acceptors (Lipinski definition) is 1. The zero-order valence-corrected chi connectivity index (χ0v) is 9.90. The van der Waals surface area contributed by atoms with Crippen molar-refractivity contribution in [2.24, 2.45) is 5.92 Å². The Morgan fingerprint density at radius 1 is 1.13 bits per heavy atom. The molecule has 0 saturated heterocycles. The molecule has 0 aromatic carbocycles. The molecule has 4 heteroatoms. The summed E-state index contributed by atoms with van der Waals surface area (Å²) >= 11 is 0. The number of unbranched alkanes of at least 4 members (excludes halogenated alkanes) is 2. The molecule has 0 aliphatic heterocycles. The molecule has 0 bridgehead atoms. The highest BCUT2D eigenvalue weighted by Gasteiger charge is 2.33. The Morgan fingerprint density at radius 2 is 1.73 bits per heavy atom. The SMILES string of the molecule is CCCCCC(C)CCN(C)C(F)(F)F. The van der Waals surface area contributed by atoms with E-state index in [1.165, 1.54) is 6.42 Å². The van der Waals surface area contributed by atoms with E-state index in [1.807, 2.05) is 6.92 Å². The van der Waals surface area contributed by atoms with E-state index in [9.17, 15) is 13.2 Å². The van der Waals surface area contributed by atoms with E-state index in [2.05, 4.69) is 6.92 Å². The molecule has 1 atom stereocenters. The predicted molar refractivity (Wildman–Crippen MR) is 56.6 cm³/mol. The van der Waals surface area contributed by atoms with E-state index in [4.69, 9.17) is 0 Å². The minimum atomic E-state index is -4.18. The average molecular weight is 225 g/mol. The lowest BCUT2D eigenvalue weighted by molar-refractivity contribution is -0.237. The van der Waals surface area contributed by atoms with Crippen molar-refractivity contribution >= 4 is 0 Å². The highest BCUT2D eigenvalue weighted by molar-refractivity contribution is 4.59. The molecule has 0 aliphatic carbocycles. The van der Waals surface area contributed by atoms with Crippen molar-refractivity contribution in [3.63, 3.8) is 0 Å². The molecule has 0 saturated carbocycles. The molecule has 0 aromatic rings. The van der Waals surface area contributed by atoms with Gasteiger partial charge < -0.3 is 0 Å². The maximum atomic E-state index is 12.1. The summed E-state index contributed by atoms with van der Waals surface area (Å²) in [4.78, 5) is 0.462. The molecular weight excluding hydrogens is 203 g/mol. The van der Waals surface area contributed by atoms with Gasteiger partial charge in [-0.25, -0.2) is 4.90 Å². The van der Waals surface area contributed by atoms with Crippen LogP contribution in [0.25, 0.3) is 0 Å². The highest BCUT2D eigenvalue weighted by atomic mass is 19.4. The van der Waals surface area contributed by atoms with Crippen LogP contribution < -0.4 is 0 Å². The topological polar surface area (TPSA) is 3.24 Å². The number of alkyl halides is 3. The summed E-state index contributed by atoms with van der Waals surface area (Å²) in [7, 11) is 1.11. The van der Waals surface area contributed by atoms with Crippen molar-refractivity contribution in [3.8, 4) is 0 Å². The summed E-state index contributed by atoms with van der Waals surface area (Å²) in [6.07, 6.45) is 0.963. The van der Waals surface area contributed by atoms with Gasteiger partial charge >= 0.3 is 6.30 Å². The molecule has 15 heavy (non-hydrogen) atoms. The van der Waals surface area contributed by atoms with Crippen molar-refractivity contribution in [3.05, 3.63) is 0 Å². The number of nitrogens with zero attached hydrogens (tertiary/aromatic N) is 1. The zero-order valence-electron chi connectivity index (χ0n) is 9.90. The second kappa shape index (κ2) is 7.09. The third-order valence-electron chi connectivity index (χ3n) is 2.69. The monoisotopic (exact) mass is 225 g/mol. The third-order valence-corrected chi connectivity index (χ3v) is 2.69. The Balaban J connectivity index is 3.57. The minimum absolute atomic E-state index is 0.108. The van der Waals surface area contributed by atoms with Crippen LogP contribution in [-0.2, 0) is 0 Å². The number of rotatable bonds is 7. The summed E-state index contributed by atoms with van der Waals surface area (Å²) in [6, 6.07) is 0. The quantitative estimate of drug-likeness (QED) is 0.467. The second-order valence-electron chi connectivity index (χ2n) is 4.28. The number of hydrogen-bond donors (Lipinski definition) is 0. The molecule has 0 aromatic heterocycles. The average Bonchev–Trinajstić information content (AvgIpc) is 2.13. The summed E-state index contributed by atoms with van der Waals surface area (Å²) < 4.78 is 36.4. The van der Waals surface area contributed by atoms with Gasteiger partial charge in [-0.1, -0.05) is 39.5 Å². The largest absolute Gasteiger partial charge is 0.459 e. The van der Waals surface area contributed by atoms with Crippen molar-refractivity contribution in [2.45, 2.75) is 52.3 Å². The van der Waals surface area contributed by atoms with Gasteiger partial charge in [0.2, 0.25) is 0 Å². The maximum Gasteiger partial charge on any atom is 0.459 e. The van der Waals surface area contributed by atoms with Crippen LogP contribution in [0.5, 0.6) is 0 Å². The van der Waals surface area contributed by atoms with Gasteiger partial charge in [-0.3, -0.25) is 0 Å². The van der Waals surface area contributed by atoms with Crippen molar-refractivity contribution in [1.82, 2.24) is 4.90 Å². The molecule has 1 nitrogen and oxygen atoms in total. The van der Waals surface area contributed by atoms with Gasteiger partial charge in [-0.15, -0.1) is 0 Å². The smallest absolute Gasteiger partial charge is 0.217 e. The van der Waals surface area contributed by atoms with Gasteiger partial charge in [0.1, 0.15) is 0 Å². The summed E-state index contributed by atoms with van der Waals surface area (Å²) in [5, 5.41) is 0. The first-order valence-electron chi connectivity index (χ1n) is 5.65. The fraction of sp³-hybridized carbons (Fsp3) is 1.00. The fourth-order valence-electron chi connectivity index (χ4n) is 1.43. The van der Waals surface area contributed by atoms with Crippen LogP contribution >= 0.6 is 0 Å². The van der Waals surface area contributed by atoms with Crippen molar-refractivity contribution < 1.29 is 13.2 Å². The van der Waals surface area contributed by atoms with Crippen LogP contribution in [0, 0.1) is 5.92 Å². The number of halogens is 3. The Bertz CT molecular complexity index is 156. The summed E-state index contributed by atoms with van der Waals surface area (Å²) in [5.74, 6) is 0.390.